The van der Waals surface area contributed by atoms with Crippen molar-refractivity contribution >= 4 is 28.8 Å². The van der Waals surface area contributed by atoms with Crippen LogP contribution in [-0.2, 0) is 5.75 Å². The van der Waals surface area contributed by atoms with Gasteiger partial charge in [0.2, 0.25) is 0 Å². The number of aromatic nitrogens is 2. The normalized spacial score (nSPS) is 10.9. The van der Waals surface area contributed by atoms with Gasteiger partial charge in [-0.05, 0) is 12.1 Å². The average Bonchev–Trinajstić information content (AvgIpc) is 3.02. The van der Waals surface area contributed by atoms with Gasteiger partial charge in [0, 0.05) is 6.07 Å². The summed E-state index contributed by atoms with van der Waals surface area (Å²) >= 11 is 1.32. The van der Waals surface area contributed by atoms with E-state index < -0.39 is 5.97 Å². The molecule has 0 radical (unpaired) electrons. The molecule has 0 aliphatic rings. The van der Waals surface area contributed by atoms with E-state index in [9.17, 15) is 4.79 Å². The molecule has 1 N–H and O–H groups in total. The average molecular weight is 276 g/mol. The fourth-order valence-corrected chi connectivity index (χ4v) is 2.24. The molecular weight excluding hydrogens is 268 g/mol. The van der Waals surface area contributed by atoms with Gasteiger partial charge in [0.15, 0.2) is 11.3 Å². The number of carbonyl (C=O) groups is 1. The van der Waals surface area contributed by atoms with Gasteiger partial charge in [-0.25, -0.2) is 9.78 Å². The molecule has 2 aromatic heterocycles. The number of carboxylic acids is 1. The van der Waals surface area contributed by atoms with Gasteiger partial charge in [-0.1, -0.05) is 29.1 Å². The van der Waals surface area contributed by atoms with Crippen LogP contribution in [-0.4, -0.2) is 21.2 Å². The highest BCUT2D eigenvalue weighted by molar-refractivity contribution is 7.98. The molecule has 0 fully saturated rings. The number of rotatable bonds is 4. The van der Waals surface area contributed by atoms with Crippen molar-refractivity contribution in [3.63, 3.8) is 0 Å². The monoisotopic (exact) mass is 276 g/mol. The predicted molar refractivity (Wildman–Crippen MR) is 67.0 cm³/mol. The van der Waals surface area contributed by atoms with Gasteiger partial charge in [0.05, 0.1) is 5.75 Å². The van der Waals surface area contributed by atoms with Gasteiger partial charge in [-0.2, -0.15) is 0 Å². The molecule has 0 atom stereocenters. The third kappa shape index (κ3) is 2.45. The quantitative estimate of drug-likeness (QED) is 0.733. The van der Waals surface area contributed by atoms with Crippen molar-refractivity contribution in [2.24, 2.45) is 0 Å². The molecule has 0 bridgehead atoms. The number of thioether (sulfide) groups is 1. The van der Waals surface area contributed by atoms with E-state index in [-0.39, 0.29) is 5.69 Å². The Morgan fingerprint density at radius 2 is 2.21 bits per heavy atom. The van der Waals surface area contributed by atoms with Crippen LogP contribution in [0.15, 0.2) is 44.5 Å². The summed E-state index contributed by atoms with van der Waals surface area (Å²) < 4.78 is 10.4. The number of para-hydroxylation sites is 2. The summed E-state index contributed by atoms with van der Waals surface area (Å²) in [6, 6.07) is 8.84. The highest BCUT2D eigenvalue weighted by Crippen LogP contribution is 2.26. The number of hydrogen-bond acceptors (Lipinski definition) is 6. The van der Waals surface area contributed by atoms with Crippen LogP contribution in [0.5, 0.6) is 0 Å². The molecule has 0 aliphatic heterocycles. The second-order valence-corrected chi connectivity index (χ2v) is 4.65. The first-order chi connectivity index (χ1) is 9.22. The Morgan fingerprint density at radius 3 is 2.95 bits per heavy atom. The van der Waals surface area contributed by atoms with Crippen LogP contribution in [0.25, 0.3) is 11.1 Å². The van der Waals surface area contributed by atoms with Crippen LogP contribution in [0.4, 0.5) is 0 Å². The highest BCUT2D eigenvalue weighted by Gasteiger charge is 2.12. The molecule has 7 heteroatoms. The van der Waals surface area contributed by atoms with E-state index in [0.29, 0.717) is 22.3 Å². The summed E-state index contributed by atoms with van der Waals surface area (Å²) in [4.78, 5) is 14.9. The number of oxazole rings is 1. The van der Waals surface area contributed by atoms with Crippen molar-refractivity contribution in [1.29, 1.82) is 0 Å². The zero-order valence-corrected chi connectivity index (χ0v) is 10.4. The summed E-state index contributed by atoms with van der Waals surface area (Å²) in [6.07, 6.45) is 0. The van der Waals surface area contributed by atoms with E-state index in [4.69, 9.17) is 14.0 Å². The molecule has 0 saturated heterocycles. The molecule has 0 spiro atoms. The van der Waals surface area contributed by atoms with Crippen LogP contribution in [0, 0.1) is 0 Å². The summed E-state index contributed by atoms with van der Waals surface area (Å²) in [5.41, 5.74) is 1.40. The molecular formula is C12H8N2O4S. The van der Waals surface area contributed by atoms with Crippen molar-refractivity contribution < 1.29 is 18.8 Å². The Morgan fingerprint density at radius 1 is 1.37 bits per heavy atom. The van der Waals surface area contributed by atoms with E-state index in [1.54, 1.807) is 0 Å². The van der Waals surface area contributed by atoms with Gasteiger partial charge < -0.3 is 14.0 Å². The first-order valence-corrected chi connectivity index (χ1v) is 6.38. The van der Waals surface area contributed by atoms with Crippen LogP contribution in [0.2, 0.25) is 0 Å². The van der Waals surface area contributed by atoms with E-state index in [1.807, 2.05) is 24.3 Å². The predicted octanol–water partition coefficient (Wildman–Crippen LogP) is 2.81. The Bertz CT molecular complexity index is 701. The second-order valence-electron chi connectivity index (χ2n) is 3.72. The minimum atomic E-state index is -1.11. The van der Waals surface area contributed by atoms with E-state index >= 15 is 0 Å². The van der Waals surface area contributed by atoms with E-state index in [0.717, 1.165) is 5.52 Å². The second kappa shape index (κ2) is 4.77. The third-order valence-electron chi connectivity index (χ3n) is 2.39. The van der Waals surface area contributed by atoms with E-state index in [2.05, 4.69) is 10.1 Å². The maximum atomic E-state index is 10.6. The van der Waals surface area contributed by atoms with Gasteiger partial charge in [-0.3, -0.25) is 0 Å². The summed E-state index contributed by atoms with van der Waals surface area (Å²) in [5.74, 6) is -0.237. The number of hydrogen-bond donors (Lipinski definition) is 1. The fourth-order valence-electron chi connectivity index (χ4n) is 1.53. The lowest BCUT2D eigenvalue weighted by Crippen LogP contribution is -1.94. The lowest BCUT2D eigenvalue weighted by atomic mass is 10.3. The SMILES string of the molecule is O=C(O)c1cc(CSc2nc3ccccc3o2)on1. The lowest BCUT2D eigenvalue weighted by Gasteiger charge is -1.90. The lowest BCUT2D eigenvalue weighted by molar-refractivity contribution is 0.0685. The van der Waals surface area contributed by atoms with Crippen molar-refractivity contribution in [3.8, 4) is 0 Å². The number of nitrogens with zero attached hydrogens (tertiary/aromatic N) is 2. The standard InChI is InChI=1S/C12H8N2O4S/c15-11(16)9-5-7(18-14-9)6-19-12-13-8-3-1-2-4-10(8)17-12/h1-5H,6H2,(H,15,16). The third-order valence-corrected chi connectivity index (χ3v) is 3.24. The maximum Gasteiger partial charge on any atom is 0.358 e. The fraction of sp³-hybridized carbons (Fsp3) is 0.0833. The summed E-state index contributed by atoms with van der Waals surface area (Å²) in [7, 11) is 0. The van der Waals surface area contributed by atoms with Gasteiger partial charge in [0.1, 0.15) is 11.3 Å². The molecule has 0 saturated carbocycles. The maximum absolute atomic E-state index is 10.6. The first-order valence-electron chi connectivity index (χ1n) is 5.39. The number of benzene rings is 1. The molecule has 0 unspecified atom stereocenters. The molecule has 0 amide bonds. The van der Waals surface area contributed by atoms with Crippen molar-refractivity contribution in [1.82, 2.24) is 10.1 Å². The zero-order valence-electron chi connectivity index (χ0n) is 9.57. The zero-order chi connectivity index (χ0) is 13.2. The molecule has 96 valence electrons. The highest BCUT2D eigenvalue weighted by atomic mass is 32.2. The van der Waals surface area contributed by atoms with Gasteiger partial charge in [-0.15, -0.1) is 0 Å². The molecule has 2 heterocycles. The largest absolute Gasteiger partial charge is 0.476 e. The van der Waals surface area contributed by atoms with Crippen LogP contribution in [0.1, 0.15) is 16.2 Å². The Labute approximate surface area is 111 Å². The number of carboxylic acid groups (broad SMARTS) is 1. The topological polar surface area (TPSA) is 89.4 Å². The molecule has 19 heavy (non-hydrogen) atoms. The van der Waals surface area contributed by atoms with Gasteiger partial charge in [0.25, 0.3) is 5.22 Å². The smallest absolute Gasteiger partial charge is 0.358 e. The minimum absolute atomic E-state index is 0.104. The van der Waals surface area contributed by atoms with E-state index in [1.165, 1.54) is 17.8 Å². The molecule has 6 nitrogen and oxygen atoms in total. The first kappa shape index (κ1) is 11.8. The summed E-state index contributed by atoms with van der Waals surface area (Å²) in [5, 5.41) is 12.7. The number of aromatic carboxylic acids is 1. The Kier molecular flexibility index (Phi) is 2.96. The van der Waals surface area contributed by atoms with Crippen LogP contribution in [0.3, 0.4) is 0 Å². The van der Waals surface area contributed by atoms with Crippen molar-refractivity contribution in [3.05, 3.63) is 41.8 Å². The molecule has 1 aromatic carbocycles. The van der Waals surface area contributed by atoms with Crippen molar-refractivity contribution in [2.45, 2.75) is 11.0 Å². The Hall–Kier alpha value is -2.28. The van der Waals surface area contributed by atoms with Crippen molar-refractivity contribution in [2.75, 3.05) is 0 Å². The van der Waals surface area contributed by atoms with Crippen LogP contribution >= 0.6 is 11.8 Å². The minimum Gasteiger partial charge on any atom is -0.476 e. The van der Waals surface area contributed by atoms with Gasteiger partial charge >= 0.3 is 5.97 Å². The summed E-state index contributed by atoms with van der Waals surface area (Å²) in [6.45, 7) is 0. The van der Waals surface area contributed by atoms with Crippen LogP contribution < -0.4 is 0 Å². The Balaban J connectivity index is 1.72. The molecule has 3 aromatic rings. The molecule has 0 aliphatic carbocycles. The molecule has 3 rings (SSSR count). The number of fused-ring (bicyclic) bond motifs is 1.